The molecule has 20 heavy (non-hydrogen) atoms. The van der Waals surface area contributed by atoms with Crippen LogP contribution in [0.25, 0.3) is 0 Å². The zero-order chi connectivity index (χ0) is 14.5. The third-order valence-corrected chi connectivity index (χ3v) is 3.41. The van der Waals surface area contributed by atoms with E-state index in [0.29, 0.717) is 26.7 Å². The standard InChI is InChI=1S/C14H14Cl3N3/c1-2-7-18-13-11(16)8-12(17)14(20-13)19-10-5-3-9(15)4-6-10/h3-6,8H,2,7H2,1H3,(H2,18,19,20). The minimum atomic E-state index is 0.465. The summed E-state index contributed by atoms with van der Waals surface area (Å²) in [6.45, 7) is 2.87. The van der Waals surface area contributed by atoms with Crippen LogP contribution in [0.3, 0.4) is 0 Å². The molecule has 2 rings (SSSR count). The molecule has 0 aliphatic carbocycles. The van der Waals surface area contributed by atoms with E-state index in [2.05, 4.69) is 22.5 Å². The van der Waals surface area contributed by atoms with Crippen molar-refractivity contribution in [3.63, 3.8) is 0 Å². The number of hydrogen-bond donors (Lipinski definition) is 2. The maximum absolute atomic E-state index is 6.15. The third kappa shape index (κ3) is 3.92. The zero-order valence-electron chi connectivity index (χ0n) is 10.9. The van der Waals surface area contributed by atoms with Gasteiger partial charge in [0.2, 0.25) is 0 Å². The van der Waals surface area contributed by atoms with Gasteiger partial charge in [-0.05, 0) is 36.8 Å². The Bertz CT molecular complexity index is 585. The monoisotopic (exact) mass is 329 g/mol. The number of anilines is 3. The largest absolute Gasteiger partial charge is 0.369 e. The summed E-state index contributed by atoms with van der Waals surface area (Å²) >= 11 is 18.1. The molecule has 0 aliphatic heterocycles. The molecule has 2 N–H and O–H groups in total. The van der Waals surface area contributed by atoms with Gasteiger partial charge < -0.3 is 10.6 Å². The molecule has 0 fully saturated rings. The van der Waals surface area contributed by atoms with E-state index in [1.165, 1.54) is 0 Å². The number of nitrogens with one attached hydrogen (secondary N) is 2. The van der Waals surface area contributed by atoms with Crippen LogP contribution >= 0.6 is 34.8 Å². The van der Waals surface area contributed by atoms with Crippen molar-refractivity contribution in [1.29, 1.82) is 0 Å². The van der Waals surface area contributed by atoms with Crippen molar-refractivity contribution in [2.24, 2.45) is 0 Å². The predicted octanol–water partition coefficient (Wildman–Crippen LogP) is 5.61. The van der Waals surface area contributed by atoms with Gasteiger partial charge in [0, 0.05) is 17.3 Å². The van der Waals surface area contributed by atoms with E-state index in [1.54, 1.807) is 18.2 Å². The van der Waals surface area contributed by atoms with Crippen molar-refractivity contribution in [2.45, 2.75) is 13.3 Å². The summed E-state index contributed by atoms with van der Waals surface area (Å²) in [5.41, 5.74) is 0.854. The molecule has 1 aromatic heterocycles. The van der Waals surface area contributed by atoms with Crippen molar-refractivity contribution in [3.05, 3.63) is 45.4 Å². The van der Waals surface area contributed by atoms with E-state index in [1.807, 2.05) is 12.1 Å². The van der Waals surface area contributed by atoms with Crippen molar-refractivity contribution in [1.82, 2.24) is 4.98 Å². The van der Waals surface area contributed by atoms with E-state index in [9.17, 15) is 0 Å². The van der Waals surface area contributed by atoms with E-state index in [4.69, 9.17) is 34.8 Å². The first-order valence-corrected chi connectivity index (χ1v) is 7.36. The smallest absolute Gasteiger partial charge is 0.151 e. The highest BCUT2D eigenvalue weighted by atomic mass is 35.5. The summed E-state index contributed by atoms with van der Waals surface area (Å²) in [6.07, 6.45) is 0.987. The fraction of sp³-hybridized carbons (Fsp3) is 0.214. The normalized spacial score (nSPS) is 10.4. The average Bonchev–Trinajstić information content (AvgIpc) is 2.43. The van der Waals surface area contributed by atoms with E-state index >= 15 is 0 Å². The first kappa shape index (κ1) is 15.2. The summed E-state index contributed by atoms with van der Waals surface area (Å²) in [5.74, 6) is 1.17. The lowest BCUT2D eigenvalue weighted by molar-refractivity contribution is 0.970. The topological polar surface area (TPSA) is 37.0 Å². The summed E-state index contributed by atoms with van der Waals surface area (Å²) in [7, 11) is 0. The molecule has 1 heterocycles. The van der Waals surface area contributed by atoms with Gasteiger partial charge in [0.1, 0.15) is 5.82 Å². The number of nitrogens with zero attached hydrogens (tertiary/aromatic N) is 1. The lowest BCUT2D eigenvalue weighted by atomic mass is 10.3. The number of pyridine rings is 1. The van der Waals surface area contributed by atoms with Gasteiger partial charge in [0.15, 0.2) is 5.82 Å². The van der Waals surface area contributed by atoms with E-state index < -0.39 is 0 Å². The van der Waals surface area contributed by atoms with Gasteiger partial charge in [0.05, 0.1) is 10.0 Å². The van der Waals surface area contributed by atoms with Crippen LogP contribution in [-0.2, 0) is 0 Å². The predicted molar refractivity (Wildman–Crippen MR) is 87.8 cm³/mol. The molecule has 0 bridgehead atoms. The van der Waals surface area contributed by atoms with Gasteiger partial charge in [0.25, 0.3) is 0 Å². The van der Waals surface area contributed by atoms with Gasteiger partial charge in [-0.3, -0.25) is 0 Å². The third-order valence-electron chi connectivity index (χ3n) is 2.58. The van der Waals surface area contributed by atoms with Crippen LogP contribution in [0.15, 0.2) is 30.3 Å². The van der Waals surface area contributed by atoms with Crippen LogP contribution in [0.1, 0.15) is 13.3 Å². The van der Waals surface area contributed by atoms with Crippen molar-refractivity contribution >= 4 is 52.1 Å². The Morgan fingerprint density at radius 2 is 1.65 bits per heavy atom. The second kappa shape index (κ2) is 7.02. The number of rotatable bonds is 5. The Kier molecular flexibility index (Phi) is 5.35. The summed E-state index contributed by atoms with van der Waals surface area (Å²) < 4.78 is 0. The molecule has 6 heteroatoms. The van der Waals surface area contributed by atoms with Gasteiger partial charge >= 0.3 is 0 Å². The highest BCUT2D eigenvalue weighted by Gasteiger charge is 2.09. The van der Waals surface area contributed by atoms with Gasteiger partial charge in [-0.15, -0.1) is 0 Å². The minimum Gasteiger partial charge on any atom is -0.369 e. The van der Waals surface area contributed by atoms with Gasteiger partial charge in [-0.2, -0.15) is 0 Å². The van der Waals surface area contributed by atoms with Crippen molar-refractivity contribution < 1.29 is 0 Å². The Morgan fingerprint density at radius 3 is 2.30 bits per heavy atom. The second-order valence-electron chi connectivity index (χ2n) is 4.21. The molecule has 0 radical (unpaired) electrons. The lowest BCUT2D eigenvalue weighted by Crippen LogP contribution is -2.04. The highest BCUT2D eigenvalue weighted by Crippen LogP contribution is 2.31. The molecule has 3 nitrogen and oxygen atoms in total. The Labute approximate surface area is 133 Å². The maximum atomic E-state index is 6.15. The summed E-state index contributed by atoms with van der Waals surface area (Å²) in [5, 5.41) is 7.95. The van der Waals surface area contributed by atoms with Crippen molar-refractivity contribution in [2.75, 3.05) is 17.2 Å². The molecule has 0 atom stereocenters. The molecule has 0 aliphatic rings. The molecule has 106 valence electrons. The minimum absolute atomic E-state index is 0.465. The zero-order valence-corrected chi connectivity index (χ0v) is 13.1. The molecule has 1 aromatic carbocycles. The van der Waals surface area contributed by atoms with Crippen molar-refractivity contribution in [3.8, 4) is 0 Å². The Hall–Kier alpha value is -1.16. The SMILES string of the molecule is CCCNc1nc(Nc2ccc(Cl)cc2)c(Cl)cc1Cl. The molecule has 0 unspecified atom stereocenters. The summed E-state index contributed by atoms with van der Waals surface area (Å²) in [6, 6.07) is 8.97. The molecule has 2 aromatic rings. The second-order valence-corrected chi connectivity index (χ2v) is 5.46. The molecule has 0 spiro atoms. The van der Waals surface area contributed by atoms with E-state index in [-0.39, 0.29) is 0 Å². The molecule has 0 saturated carbocycles. The Morgan fingerprint density at radius 1 is 1.00 bits per heavy atom. The fourth-order valence-electron chi connectivity index (χ4n) is 1.59. The van der Waals surface area contributed by atoms with Crippen LogP contribution in [-0.4, -0.2) is 11.5 Å². The highest BCUT2D eigenvalue weighted by molar-refractivity contribution is 6.37. The van der Waals surface area contributed by atoms with E-state index in [0.717, 1.165) is 18.7 Å². The van der Waals surface area contributed by atoms with Crippen LogP contribution in [0.2, 0.25) is 15.1 Å². The molecule has 0 amide bonds. The number of benzene rings is 1. The molecular weight excluding hydrogens is 317 g/mol. The fourth-order valence-corrected chi connectivity index (χ4v) is 2.19. The van der Waals surface area contributed by atoms with Crippen LogP contribution < -0.4 is 10.6 Å². The van der Waals surface area contributed by atoms with Gasteiger partial charge in [-0.1, -0.05) is 41.7 Å². The summed E-state index contributed by atoms with van der Waals surface area (Å²) in [4.78, 5) is 4.41. The quantitative estimate of drug-likeness (QED) is 0.748. The van der Waals surface area contributed by atoms with Crippen LogP contribution in [0, 0.1) is 0 Å². The lowest BCUT2D eigenvalue weighted by Gasteiger charge is -2.12. The van der Waals surface area contributed by atoms with Crippen LogP contribution in [0.4, 0.5) is 17.3 Å². The molecular formula is C14H14Cl3N3. The van der Waals surface area contributed by atoms with Gasteiger partial charge in [-0.25, -0.2) is 4.98 Å². The molecule has 0 saturated heterocycles. The number of aromatic nitrogens is 1. The first-order valence-electron chi connectivity index (χ1n) is 6.22. The Balaban J connectivity index is 2.24. The van der Waals surface area contributed by atoms with Crippen LogP contribution in [0.5, 0.6) is 0 Å². The maximum Gasteiger partial charge on any atom is 0.151 e. The first-order chi connectivity index (χ1) is 9.60. The average molecular weight is 331 g/mol. The number of hydrogen-bond acceptors (Lipinski definition) is 3. The number of halogens is 3.